The summed E-state index contributed by atoms with van der Waals surface area (Å²) < 4.78 is 11.2. The lowest BCUT2D eigenvalue weighted by Crippen LogP contribution is -2.46. The monoisotopic (exact) mass is 662 g/mol. The summed E-state index contributed by atoms with van der Waals surface area (Å²) in [5.74, 6) is -2.16. The number of aliphatic carboxylic acids is 1. The van der Waals surface area contributed by atoms with E-state index < -0.39 is 42.1 Å². The Morgan fingerprint density at radius 3 is 2.37 bits per heavy atom. The van der Waals surface area contributed by atoms with Crippen LogP contribution in [0.2, 0.25) is 0 Å². The van der Waals surface area contributed by atoms with E-state index >= 15 is 0 Å². The molecule has 0 saturated carbocycles. The number of alkyl carbamates (subject to hydrolysis) is 1. The molecule has 5 rings (SSSR count). The largest absolute Gasteiger partial charge is 0.480 e. The molecule has 1 aliphatic carbocycles. The highest BCUT2D eigenvalue weighted by Crippen LogP contribution is 2.44. The topological polar surface area (TPSA) is 156 Å². The van der Waals surface area contributed by atoms with Crippen LogP contribution in [0.5, 0.6) is 0 Å². The van der Waals surface area contributed by atoms with Crippen LogP contribution >= 0.6 is 23.1 Å². The number of rotatable bonds is 13. The molecule has 240 valence electrons. The second-order valence-electron chi connectivity index (χ2n) is 11.1. The maximum Gasteiger partial charge on any atom is 0.407 e. The second kappa shape index (κ2) is 14.7. The quantitative estimate of drug-likeness (QED) is 0.174. The minimum Gasteiger partial charge on any atom is -0.480 e. The van der Waals surface area contributed by atoms with Crippen LogP contribution in [0, 0.1) is 5.92 Å². The van der Waals surface area contributed by atoms with E-state index in [2.05, 4.69) is 39.3 Å². The van der Waals surface area contributed by atoms with Crippen molar-refractivity contribution in [3.8, 4) is 11.1 Å². The van der Waals surface area contributed by atoms with Gasteiger partial charge in [-0.15, -0.1) is 23.1 Å². The molecule has 46 heavy (non-hydrogen) atoms. The highest BCUT2D eigenvalue weighted by Gasteiger charge is 2.32. The van der Waals surface area contributed by atoms with E-state index in [4.69, 9.17) is 14.6 Å². The molecule has 11 nitrogen and oxygen atoms in total. The molecule has 0 bridgehead atoms. The third-order valence-electron chi connectivity index (χ3n) is 7.60. The molecule has 0 radical (unpaired) electrons. The van der Waals surface area contributed by atoms with Crippen LogP contribution in [-0.2, 0) is 30.4 Å². The van der Waals surface area contributed by atoms with Gasteiger partial charge in [-0.2, -0.15) is 0 Å². The first-order chi connectivity index (χ1) is 22.1. The summed E-state index contributed by atoms with van der Waals surface area (Å²) in [6, 6.07) is 14.2. The molecule has 2 amide bonds. The fourth-order valence-corrected chi connectivity index (χ4v) is 7.00. The van der Waals surface area contributed by atoms with Gasteiger partial charge in [0, 0.05) is 17.1 Å². The number of aliphatic imine (C=N–C) groups is 1. The van der Waals surface area contributed by atoms with E-state index in [0.29, 0.717) is 21.5 Å². The number of carboxylic acids is 1. The second-order valence-corrected chi connectivity index (χ2v) is 13.1. The van der Waals surface area contributed by atoms with Crippen molar-refractivity contribution in [3.63, 3.8) is 0 Å². The van der Waals surface area contributed by atoms with E-state index in [1.165, 1.54) is 29.2 Å². The summed E-state index contributed by atoms with van der Waals surface area (Å²) in [5.41, 5.74) is 4.95. The number of thioether (sulfide) groups is 1. The van der Waals surface area contributed by atoms with Crippen molar-refractivity contribution >= 4 is 52.1 Å². The van der Waals surface area contributed by atoms with E-state index in [0.717, 1.165) is 22.3 Å². The predicted octanol–water partition coefficient (Wildman–Crippen LogP) is 4.76. The van der Waals surface area contributed by atoms with Crippen molar-refractivity contribution in [1.82, 2.24) is 15.6 Å². The third-order valence-corrected chi connectivity index (χ3v) is 9.52. The molecule has 1 aliphatic heterocycles. The van der Waals surface area contributed by atoms with Crippen molar-refractivity contribution in [1.29, 1.82) is 0 Å². The van der Waals surface area contributed by atoms with Gasteiger partial charge in [-0.1, -0.05) is 75.0 Å². The average molecular weight is 663 g/mol. The molecule has 3 atom stereocenters. The summed E-state index contributed by atoms with van der Waals surface area (Å²) >= 11 is 2.65. The van der Waals surface area contributed by atoms with Gasteiger partial charge in [0.05, 0.1) is 13.0 Å². The molecule has 13 heteroatoms. The lowest BCUT2D eigenvalue weighted by atomic mass is 9.98. The first-order valence-corrected chi connectivity index (χ1v) is 16.6. The molecule has 2 heterocycles. The molecule has 0 saturated heterocycles. The fourth-order valence-electron chi connectivity index (χ4n) is 5.22. The Kier molecular flexibility index (Phi) is 10.5. The Morgan fingerprint density at radius 1 is 1.09 bits per heavy atom. The number of fused-ring (bicyclic) bond motifs is 3. The van der Waals surface area contributed by atoms with Gasteiger partial charge in [-0.3, -0.25) is 9.79 Å². The Morgan fingerprint density at radius 2 is 1.76 bits per heavy atom. The number of hydrogen-bond acceptors (Lipinski definition) is 10. The highest BCUT2D eigenvalue weighted by molar-refractivity contribution is 8.14. The maximum atomic E-state index is 13.1. The first kappa shape index (κ1) is 32.9. The molecule has 3 N–H and O–H groups in total. The number of benzene rings is 2. The molecule has 3 aromatic rings. The summed E-state index contributed by atoms with van der Waals surface area (Å²) in [5, 5.41) is 17.5. The van der Waals surface area contributed by atoms with E-state index in [-0.39, 0.29) is 31.4 Å². The van der Waals surface area contributed by atoms with Gasteiger partial charge < -0.3 is 25.2 Å². The van der Waals surface area contributed by atoms with Crippen molar-refractivity contribution < 1.29 is 33.8 Å². The van der Waals surface area contributed by atoms with Crippen molar-refractivity contribution in [2.45, 2.75) is 50.9 Å². The van der Waals surface area contributed by atoms with Crippen LogP contribution < -0.4 is 10.6 Å². The predicted molar refractivity (Wildman–Crippen MR) is 176 cm³/mol. The molecular formula is C33H34N4O7S2. The van der Waals surface area contributed by atoms with Crippen LogP contribution in [0.4, 0.5) is 4.79 Å². The summed E-state index contributed by atoms with van der Waals surface area (Å²) in [7, 11) is 0. The zero-order valence-corrected chi connectivity index (χ0v) is 26.9. The normalized spacial score (nSPS) is 16.5. The first-order valence-electron chi connectivity index (χ1n) is 14.7. The van der Waals surface area contributed by atoms with E-state index in [1.807, 2.05) is 36.4 Å². The van der Waals surface area contributed by atoms with Crippen LogP contribution in [0.15, 0.2) is 71.6 Å². The molecule has 2 aliphatic rings. The molecule has 0 fully saturated rings. The molecule has 0 spiro atoms. The number of nitrogens with zero attached hydrogens (tertiary/aromatic N) is 2. The van der Waals surface area contributed by atoms with Crippen molar-refractivity contribution in [3.05, 3.63) is 88.4 Å². The van der Waals surface area contributed by atoms with Gasteiger partial charge in [0.15, 0.2) is 6.04 Å². The Balaban J connectivity index is 1.10. The number of ether oxygens (including phenoxy) is 2. The van der Waals surface area contributed by atoms with Gasteiger partial charge in [0.2, 0.25) is 5.91 Å². The Bertz CT molecular complexity index is 1630. The average Bonchev–Trinajstić information content (AvgIpc) is 3.79. The fraction of sp³-hybridized carbons (Fsp3) is 0.333. The number of carbonyl (C=O) groups is 4. The number of amides is 2. The van der Waals surface area contributed by atoms with E-state index in [9.17, 15) is 19.2 Å². The number of esters is 1. The van der Waals surface area contributed by atoms with Gasteiger partial charge in [0.1, 0.15) is 34.5 Å². The van der Waals surface area contributed by atoms with Crippen molar-refractivity contribution in [2.24, 2.45) is 10.9 Å². The number of aromatic nitrogens is 1. The molecule has 1 aromatic heterocycles. The zero-order valence-electron chi connectivity index (χ0n) is 25.3. The summed E-state index contributed by atoms with van der Waals surface area (Å²) in [6.07, 6.45) is -0.486. The van der Waals surface area contributed by atoms with Crippen molar-refractivity contribution in [2.75, 3.05) is 12.4 Å². The number of nitrogens with one attached hydrogen (secondary N) is 2. The standard InChI is InChI=1S/C33H34N4O7S2/c1-4-19(13-27(38)34-14-28-35-25(16-45-28)30-36-26(17-46-30)31(39)40)44-32(41)29(18(2)3)37-33(42)43-15-24-22-11-7-5-9-20(22)21-10-6-8-12-23(21)24/h4-12,16,18-19,24,26,29H,1,13-15,17H2,2-3H3,(H,34,38)(H,37,42)(H,39,40)/t19-,26+,29+/m1/s1. The van der Waals surface area contributed by atoms with Crippen LogP contribution in [0.25, 0.3) is 11.1 Å². The number of carboxylic acid groups (broad SMARTS) is 1. The lowest BCUT2D eigenvalue weighted by Gasteiger charge is -2.23. The van der Waals surface area contributed by atoms with Gasteiger partial charge >= 0.3 is 18.0 Å². The van der Waals surface area contributed by atoms with Gasteiger partial charge in [0.25, 0.3) is 0 Å². The van der Waals surface area contributed by atoms with Gasteiger partial charge in [-0.05, 0) is 28.2 Å². The minimum absolute atomic E-state index is 0.103. The molecular weight excluding hydrogens is 629 g/mol. The van der Waals surface area contributed by atoms with Crippen LogP contribution in [-0.4, -0.2) is 69.6 Å². The van der Waals surface area contributed by atoms with E-state index in [1.54, 1.807) is 19.2 Å². The zero-order chi connectivity index (χ0) is 32.8. The third kappa shape index (κ3) is 7.65. The Labute approximate surface area is 274 Å². The smallest absolute Gasteiger partial charge is 0.407 e. The van der Waals surface area contributed by atoms with Crippen LogP contribution in [0.3, 0.4) is 0 Å². The van der Waals surface area contributed by atoms with Gasteiger partial charge in [-0.25, -0.2) is 19.4 Å². The maximum absolute atomic E-state index is 13.1. The number of carbonyl (C=O) groups excluding carboxylic acids is 3. The summed E-state index contributed by atoms with van der Waals surface area (Å²) in [4.78, 5) is 58.4. The molecule has 0 unspecified atom stereocenters. The molecule has 2 aromatic carbocycles. The summed E-state index contributed by atoms with van der Waals surface area (Å²) in [6.45, 7) is 7.47. The Hall–Kier alpha value is -4.49. The van der Waals surface area contributed by atoms with Crippen LogP contribution in [0.1, 0.15) is 48.0 Å². The minimum atomic E-state index is -1.01. The number of hydrogen-bond donors (Lipinski definition) is 3. The highest BCUT2D eigenvalue weighted by atomic mass is 32.2. The SMILES string of the molecule is C=C[C@H](CC(=O)NCc1nc(C2=N[C@H](C(=O)O)CS2)cs1)OC(=O)[C@@H](NC(=O)OCC1c2ccccc2-c2ccccc21)C(C)C. The lowest BCUT2D eigenvalue weighted by molar-refractivity contribution is -0.151. The number of thiazole rings is 1.